The second kappa shape index (κ2) is 5.40. The zero-order chi connectivity index (χ0) is 14.0. The number of benzene rings is 1. The molecule has 0 bridgehead atoms. The summed E-state index contributed by atoms with van der Waals surface area (Å²) in [5.74, 6) is -0.242. The van der Waals surface area contributed by atoms with Crippen molar-refractivity contribution in [3.63, 3.8) is 0 Å². The Kier molecular flexibility index (Phi) is 3.85. The lowest BCUT2D eigenvalue weighted by Crippen LogP contribution is -2.39. The van der Waals surface area contributed by atoms with Gasteiger partial charge in [-0.05, 0) is 44.5 Å². The summed E-state index contributed by atoms with van der Waals surface area (Å²) in [4.78, 5) is 24.6. The molecule has 0 saturated carbocycles. The Balaban J connectivity index is 2.20. The van der Waals surface area contributed by atoms with Crippen molar-refractivity contribution >= 4 is 11.7 Å². The van der Waals surface area contributed by atoms with Crippen LogP contribution in [-0.2, 0) is 11.3 Å². The van der Waals surface area contributed by atoms with Crippen LogP contribution in [0.5, 0.6) is 5.75 Å². The van der Waals surface area contributed by atoms with E-state index in [1.54, 1.807) is 12.1 Å². The van der Waals surface area contributed by atoms with Gasteiger partial charge in [-0.2, -0.15) is 0 Å². The monoisotopic (exact) mass is 262 g/mol. The number of primary amides is 1. The van der Waals surface area contributed by atoms with Crippen molar-refractivity contribution in [1.29, 1.82) is 0 Å². The summed E-state index contributed by atoms with van der Waals surface area (Å²) in [6.45, 7) is 2.69. The number of carbonyl (C=O) groups is 2. The van der Waals surface area contributed by atoms with Gasteiger partial charge in [0.25, 0.3) is 0 Å². The normalized spacial score (nSPS) is 19.5. The minimum Gasteiger partial charge on any atom is -0.508 e. The van der Waals surface area contributed by atoms with Crippen LogP contribution in [0.3, 0.4) is 0 Å². The highest BCUT2D eigenvalue weighted by molar-refractivity contribution is 5.94. The van der Waals surface area contributed by atoms with E-state index in [0.717, 1.165) is 19.4 Å². The predicted octanol–water partition coefficient (Wildman–Crippen LogP) is 1.04. The number of ketones is 1. The smallest absolute Gasteiger partial charge is 0.234 e. The standard InChI is InChI=1S/C14H18N2O3/c1-9(17)10-4-5-13(18)11(7-10)8-16-6-2-3-12(16)14(15)19/h4-5,7,12,18H,2-3,6,8H2,1H3,(H2,15,19). The molecular weight excluding hydrogens is 244 g/mol. The molecule has 0 aromatic heterocycles. The van der Waals surface area contributed by atoms with E-state index in [1.165, 1.54) is 13.0 Å². The van der Waals surface area contributed by atoms with E-state index in [1.807, 2.05) is 4.90 Å². The van der Waals surface area contributed by atoms with Gasteiger partial charge in [0.2, 0.25) is 5.91 Å². The van der Waals surface area contributed by atoms with Crippen LogP contribution in [0, 0.1) is 0 Å². The highest BCUT2D eigenvalue weighted by atomic mass is 16.3. The summed E-state index contributed by atoms with van der Waals surface area (Å²) < 4.78 is 0. The topological polar surface area (TPSA) is 83.6 Å². The van der Waals surface area contributed by atoms with E-state index in [2.05, 4.69) is 0 Å². The molecule has 1 aromatic carbocycles. The number of nitrogens with two attached hydrogens (primary N) is 1. The predicted molar refractivity (Wildman–Crippen MR) is 70.7 cm³/mol. The number of hydrogen-bond acceptors (Lipinski definition) is 4. The second-order valence-electron chi connectivity index (χ2n) is 4.93. The van der Waals surface area contributed by atoms with Crippen LogP contribution in [0.25, 0.3) is 0 Å². The molecule has 19 heavy (non-hydrogen) atoms. The Labute approximate surface area is 112 Å². The van der Waals surface area contributed by atoms with E-state index in [-0.39, 0.29) is 23.5 Å². The summed E-state index contributed by atoms with van der Waals surface area (Å²) in [5.41, 5.74) is 6.57. The fraction of sp³-hybridized carbons (Fsp3) is 0.429. The first kappa shape index (κ1) is 13.5. The molecule has 1 amide bonds. The molecule has 1 saturated heterocycles. The second-order valence-corrected chi connectivity index (χ2v) is 4.93. The molecule has 1 unspecified atom stereocenters. The molecule has 0 radical (unpaired) electrons. The van der Waals surface area contributed by atoms with Gasteiger partial charge in [-0.25, -0.2) is 0 Å². The molecule has 2 rings (SSSR count). The zero-order valence-electron chi connectivity index (χ0n) is 10.9. The van der Waals surface area contributed by atoms with Crippen molar-refractivity contribution in [3.05, 3.63) is 29.3 Å². The van der Waals surface area contributed by atoms with Crippen molar-refractivity contribution in [2.75, 3.05) is 6.54 Å². The van der Waals surface area contributed by atoms with Crippen molar-refractivity contribution in [1.82, 2.24) is 4.90 Å². The van der Waals surface area contributed by atoms with Crippen LogP contribution in [0.1, 0.15) is 35.7 Å². The van der Waals surface area contributed by atoms with Crippen molar-refractivity contribution in [2.45, 2.75) is 32.4 Å². The fourth-order valence-corrected chi connectivity index (χ4v) is 2.49. The van der Waals surface area contributed by atoms with Gasteiger partial charge in [0, 0.05) is 17.7 Å². The van der Waals surface area contributed by atoms with Gasteiger partial charge >= 0.3 is 0 Å². The van der Waals surface area contributed by atoms with Gasteiger partial charge in [0.1, 0.15) is 5.75 Å². The Morgan fingerprint density at radius 3 is 2.84 bits per heavy atom. The molecule has 1 fully saturated rings. The molecular formula is C14H18N2O3. The first-order chi connectivity index (χ1) is 8.99. The number of likely N-dealkylation sites (tertiary alicyclic amines) is 1. The van der Waals surface area contributed by atoms with Gasteiger partial charge < -0.3 is 10.8 Å². The van der Waals surface area contributed by atoms with Crippen molar-refractivity contribution in [2.24, 2.45) is 5.73 Å². The summed E-state index contributed by atoms with van der Waals surface area (Å²) >= 11 is 0. The van der Waals surface area contributed by atoms with Crippen molar-refractivity contribution < 1.29 is 14.7 Å². The third kappa shape index (κ3) is 2.93. The Morgan fingerprint density at radius 1 is 1.47 bits per heavy atom. The number of amides is 1. The number of phenols is 1. The Hall–Kier alpha value is -1.88. The minimum atomic E-state index is -0.334. The number of rotatable bonds is 4. The number of aromatic hydroxyl groups is 1. The van der Waals surface area contributed by atoms with E-state index in [0.29, 0.717) is 17.7 Å². The maximum atomic E-state index is 11.3. The first-order valence-corrected chi connectivity index (χ1v) is 6.35. The number of hydrogen-bond donors (Lipinski definition) is 2. The molecule has 3 N–H and O–H groups in total. The molecule has 1 aromatic rings. The summed E-state index contributed by atoms with van der Waals surface area (Å²) in [5, 5.41) is 9.85. The molecule has 1 heterocycles. The largest absolute Gasteiger partial charge is 0.508 e. The highest BCUT2D eigenvalue weighted by Gasteiger charge is 2.29. The zero-order valence-corrected chi connectivity index (χ0v) is 10.9. The molecule has 0 spiro atoms. The molecule has 1 aliphatic heterocycles. The third-order valence-corrected chi connectivity index (χ3v) is 3.55. The van der Waals surface area contributed by atoms with Crippen LogP contribution >= 0.6 is 0 Å². The van der Waals surface area contributed by atoms with Gasteiger partial charge in [-0.15, -0.1) is 0 Å². The SMILES string of the molecule is CC(=O)c1ccc(O)c(CN2CCCC2C(N)=O)c1. The number of carbonyl (C=O) groups excluding carboxylic acids is 2. The van der Waals surface area contributed by atoms with Gasteiger partial charge in [0.05, 0.1) is 6.04 Å². The van der Waals surface area contributed by atoms with Crippen LogP contribution in [0.4, 0.5) is 0 Å². The Morgan fingerprint density at radius 2 is 2.21 bits per heavy atom. The van der Waals surface area contributed by atoms with Crippen LogP contribution in [-0.4, -0.2) is 34.3 Å². The van der Waals surface area contributed by atoms with Gasteiger partial charge in [0.15, 0.2) is 5.78 Å². The van der Waals surface area contributed by atoms with Crippen LogP contribution < -0.4 is 5.73 Å². The molecule has 1 atom stereocenters. The van der Waals surface area contributed by atoms with E-state index in [4.69, 9.17) is 5.73 Å². The van der Waals surface area contributed by atoms with Gasteiger partial charge in [-0.1, -0.05) is 0 Å². The Bertz CT molecular complexity index is 513. The average molecular weight is 262 g/mol. The number of phenolic OH excluding ortho intramolecular Hbond substituents is 1. The molecule has 5 heteroatoms. The molecule has 0 aliphatic carbocycles. The molecule has 5 nitrogen and oxygen atoms in total. The third-order valence-electron chi connectivity index (χ3n) is 3.55. The number of Topliss-reactive ketones (excluding diaryl/α,β-unsaturated/α-hetero) is 1. The van der Waals surface area contributed by atoms with Crippen molar-refractivity contribution in [3.8, 4) is 5.75 Å². The minimum absolute atomic E-state index is 0.0471. The molecule has 1 aliphatic rings. The maximum absolute atomic E-state index is 11.3. The highest BCUT2D eigenvalue weighted by Crippen LogP contribution is 2.25. The van der Waals surface area contributed by atoms with Crippen LogP contribution in [0.2, 0.25) is 0 Å². The van der Waals surface area contributed by atoms with E-state index < -0.39 is 0 Å². The lowest BCUT2D eigenvalue weighted by molar-refractivity contribution is -0.122. The fourth-order valence-electron chi connectivity index (χ4n) is 2.49. The number of nitrogens with zero attached hydrogens (tertiary/aromatic N) is 1. The lowest BCUT2D eigenvalue weighted by Gasteiger charge is -2.22. The summed E-state index contributed by atoms with van der Waals surface area (Å²) in [6, 6.07) is 4.51. The van der Waals surface area contributed by atoms with Crippen LogP contribution in [0.15, 0.2) is 18.2 Å². The summed E-state index contributed by atoms with van der Waals surface area (Å²) in [7, 11) is 0. The quantitative estimate of drug-likeness (QED) is 0.794. The lowest BCUT2D eigenvalue weighted by atomic mass is 10.1. The van der Waals surface area contributed by atoms with Gasteiger partial charge in [-0.3, -0.25) is 14.5 Å². The maximum Gasteiger partial charge on any atom is 0.234 e. The van der Waals surface area contributed by atoms with E-state index in [9.17, 15) is 14.7 Å². The van der Waals surface area contributed by atoms with E-state index >= 15 is 0 Å². The summed E-state index contributed by atoms with van der Waals surface area (Å²) in [6.07, 6.45) is 1.67. The average Bonchev–Trinajstić information content (AvgIpc) is 2.80. The first-order valence-electron chi connectivity index (χ1n) is 6.35. The molecule has 102 valence electrons.